The largest absolute Gasteiger partial charge is 0.462 e. The number of halogens is 3. The first-order valence-corrected chi connectivity index (χ1v) is 16.2. The van der Waals surface area contributed by atoms with Crippen LogP contribution >= 0.6 is 0 Å². The highest BCUT2D eigenvalue weighted by Gasteiger charge is 2.48. The molecule has 2 heterocycles. The fourth-order valence-electron chi connectivity index (χ4n) is 6.55. The van der Waals surface area contributed by atoms with E-state index in [0.29, 0.717) is 35.5 Å². The van der Waals surface area contributed by atoms with Gasteiger partial charge in [0.25, 0.3) is 5.91 Å². The summed E-state index contributed by atoms with van der Waals surface area (Å²) >= 11 is 0. The van der Waals surface area contributed by atoms with Gasteiger partial charge in [-0.05, 0) is 84.4 Å². The first-order chi connectivity index (χ1) is 23.4. The summed E-state index contributed by atoms with van der Waals surface area (Å²) in [6.45, 7) is 5.16. The topological polar surface area (TPSA) is 84.9 Å². The van der Waals surface area contributed by atoms with Crippen molar-refractivity contribution in [3.8, 4) is 11.1 Å². The van der Waals surface area contributed by atoms with E-state index in [1.54, 1.807) is 24.3 Å². The van der Waals surface area contributed by atoms with Gasteiger partial charge in [-0.3, -0.25) is 9.69 Å². The van der Waals surface area contributed by atoms with Gasteiger partial charge >= 0.3 is 18.1 Å². The zero-order valence-corrected chi connectivity index (χ0v) is 27.2. The minimum atomic E-state index is -4.44. The number of cyclic esters (lactones) is 1. The molecule has 1 N–H and O–H groups in total. The van der Waals surface area contributed by atoms with Gasteiger partial charge in [0, 0.05) is 16.7 Å². The van der Waals surface area contributed by atoms with Crippen molar-refractivity contribution >= 4 is 23.5 Å². The Bertz CT molecular complexity index is 1800. The summed E-state index contributed by atoms with van der Waals surface area (Å²) < 4.78 is 50.2. The lowest BCUT2D eigenvalue weighted by Gasteiger charge is -2.37. The van der Waals surface area contributed by atoms with Crippen LogP contribution in [0.15, 0.2) is 103 Å². The van der Waals surface area contributed by atoms with E-state index in [2.05, 4.69) is 10.2 Å². The van der Waals surface area contributed by atoms with Crippen LogP contribution in [-0.2, 0) is 25.2 Å². The summed E-state index contributed by atoms with van der Waals surface area (Å²) in [5.41, 5.74) is 2.52. The number of hydrogen-bond acceptors (Lipinski definition) is 6. The summed E-state index contributed by atoms with van der Waals surface area (Å²) in [6, 6.07) is 28.0. The van der Waals surface area contributed by atoms with E-state index >= 15 is 0 Å². The number of esters is 2. The second kappa shape index (κ2) is 13.9. The molecule has 2 saturated heterocycles. The first-order valence-electron chi connectivity index (χ1n) is 16.2. The van der Waals surface area contributed by atoms with Crippen molar-refractivity contribution in [1.82, 2.24) is 4.90 Å². The number of carbonyl (C=O) groups excluding carboxylic acids is 3. The summed E-state index contributed by atoms with van der Waals surface area (Å²) in [5, 5.41) is 2.91. The molecular weight excluding hydrogens is 633 g/mol. The number of alkyl halides is 3. The number of likely N-dealkylation sites (tertiary alicyclic amines) is 1. The van der Waals surface area contributed by atoms with Crippen LogP contribution in [0.3, 0.4) is 0 Å². The fourth-order valence-corrected chi connectivity index (χ4v) is 6.55. The Labute approximate surface area is 283 Å². The van der Waals surface area contributed by atoms with Gasteiger partial charge in [0.15, 0.2) is 0 Å². The third kappa shape index (κ3) is 7.54. The molecule has 0 aliphatic carbocycles. The van der Waals surface area contributed by atoms with Crippen LogP contribution in [0.5, 0.6) is 0 Å². The lowest BCUT2D eigenvalue weighted by molar-refractivity contribution is -0.168. The number of nitrogens with zero attached hydrogens (tertiary/aromatic N) is 1. The Morgan fingerprint density at radius 2 is 1.51 bits per heavy atom. The zero-order valence-electron chi connectivity index (χ0n) is 27.2. The van der Waals surface area contributed by atoms with E-state index in [9.17, 15) is 27.6 Å². The lowest BCUT2D eigenvalue weighted by atomic mass is 9.88. The highest BCUT2D eigenvalue weighted by atomic mass is 19.4. The summed E-state index contributed by atoms with van der Waals surface area (Å²) in [7, 11) is 0. The minimum absolute atomic E-state index is 0.198. The van der Waals surface area contributed by atoms with Crippen LogP contribution in [0.2, 0.25) is 0 Å². The van der Waals surface area contributed by atoms with E-state index in [-0.39, 0.29) is 18.4 Å². The van der Waals surface area contributed by atoms with Crippen LogP contribution < -0.4 is 5.32 Å². The molecular formula is C39H37F3N2O5. The Morgan fingerprint density at radius 1 is 0.878 bits per heavy atom. The molecule has 10 heteroatoms. The van der Waals surface area contributed by atoms with Gasteiger partial charge in [0.05, 0.1) is 5.56 Å². The van der Waals surface area contributed by atoms with Gasteiger partial charge in [0.2, 0.25) is 6.10 Å². The number of ether oxygens (including phenoxy) is 2. The summed E-state index contributed by atoms with van der Waals surface area (Å²) in [5.74, 6) is -1.13. The fraction of sp³-hybridized carbons (Fsp3) is 0.308. The molecule has 0 radical (unpaired) electrons. The number of benzene rings is 4. The Kier molecular flexibility index (Phi) is 9.61. The van der Waals surface area contributed by atoms with Crippen molar-refractivity contribution in [3.63, 3.8) is 0 Å². The smallest absolute Gasteiger partial charge is 0.416 e. The lowest BCUT2D eigenvalue weighted by Crippen LogP contribution is -2.43. The molecule has 6 rings (SSSR count). The van der Waals surface area contributed by atoms with E-state index < -0.39 is 41.2 Å². The first kappa shape index (κ1) is 33.9. The Hall–Kier alpha value is -4.96. The van der Waals surface area contributed by atoms with Crippen molar-refractivity contribution in [2.24, 2.45) is 5.41 Å². The third-order valence-corrected chi connectivity index (χ3v) is 9.31. The van der Waals surface area contributed by atoms with E-state index in [1.807, 2.05) is 68.4 Å². The molecule has 0 bridgehead atoms. The van der Waals surface area contributed by atoms with Crippen molar-refractivity contribution in [2.45, 2.75) is 50.9 Å². The Balaban J connectivity index is 1.10. The number of amides is 1. The van der Waals surface area contributed by atoms with E-state index in [1.165, 1.54) is 12.1 Å². The zero-order chi connectivity index (χ0) is 34.8. The van der Waals surface area contributed by atoms with E-state index in [0.717, 1.165) is 36.1 Å². The van der Waals surface area contributed by atoms with Gasteiger partial charge in [-0.25, -0.2) is 9.59 Å². The molecule has 4 aromatic rings. The molecule has 0 aromatic heterocycles. The maximum Gasteiger partial charge on any atom is 0.416 e. The molecule has 1 amide bonds. The number of piperidine rings is 1. The van der Waals surface area contributed by atoms with Crippen molar-refractivity contribution < 1.29 is 37.0 Å². The molecule has 2 unspecified atom stereocenters. The number of nitrogens with one attached hydrogen (secondary N) is 1. The molecule has 2 aliphatic heterocycles. The molecule has 0 spiro atoms. The summed E-state index contributed by atoms with van der Waals surface area (Å²) in [4.78, 5) is 41.4. The van der Waals surface area contributed by atoms with Gasteiger partial charge in [-0.1, -0.05) is 86.6 Å². The SMILES string of the molecule is CC1(C)COC(=O)C1OC(=O)C(c1ccccc1)N1CCC(c2ccc(NC(=O)c3ccccc3-c3ccc(C(F)(F)F)cc3)cc2)CC1. The molecule has 49 heavy (non-hydrogen) atoms. The standard InChI is InChI=1S/C39H37F3N2O5/c1-38(2)24-48-37(47)34(38)49-36(46)33(28-8-4-3-5-9-28)44-22-20-26(21-23-44)25-14-18-30(19-15-25)43-35(45)32-11-7-6-10-31(32)27-12-16-29(17-13-27)39(40,41)42/h3-19,26,33-34H,20-24H2,1-2H3,(H,43,45). The van der Waals surface area contributed by atoms with Gasteiger partial charge in [0.1, 0.15) is 12.6 Å². The van der Waals surface area contributed by atoms with Crippen molar-refractivity contribution in [1.29, 1.82) is 0 Å². The molecule has 4 aromatic carbocycles. The van der Waals surface area contributed by atoms with Gasteiger partial charge < -0.3 is 14.8 Å². The van der Waals surface area contributed by atoms with Crippen LogP contribution in [0.1, 0.15) is 65.7 Å². The predicted molar refractivity (Wildman–Crippen MR) is 179 cm³/mol. The molecule has 2 fully saturated rings. The van der Waals surface area contributed by atoms with Crippen molar-refractivity contribution in [3.05, 3.63) is 125 Å². The van der Waals surface area contributed by atoms with Crippen LogP contribution in [0.25, 0.3) is 11.1 Å². The van der Waals surface area contributed by atoms with Crippen molar-refractivity contribution in [2.75, 3.05) is 25.0 Å². The second-order valence-electron chi connectivity index (χ2n) is 13.2. The average molecular weight is 671 g/mol. The molecule has 7 nitrogen and oxygen atoms in total. The molecule has 2 atom stereocenters. The molecule has 254 valence electrons. The predicted octanol–water partition coefficient (Wildman–Crippen LogP) is 8.04. The number of anilines is 1. The second-order valence-corrected chi connectivity index (χ2v) is 13.2. The molecule has 0 saturated carbocycles. The monoisotopic (exact) mass is 670 g/mol. The van der Waals surface area contributed by atoms with Gasteiger partial charge in [-0.15, -0.1) is 0 Å². The normalized spacial score (nSPS) is 18.8. The number of rotatable bonds is 8. The number of hydrogen-bond donors (Lipinski definition) is 1. The highest BCUT2D eigenvalue weighted by Crippen LogP contribution is 2.37. The highest BCUT2D eigenvalue weighted by molar-refractivity contribution is 6.08. The minimum Gasteiger partial charge on any atom is -0.462 e. The number of carbonyl (C=O) groups is 3. The van der Waals surface area contributed by atoms with Crippen LogP contribution in [0, 0.1) is 5.41 Å². The van der Waals surface area contributed by atoms with Gasteiger partial charge in [-0.2, -0.15) is 13.2 Å². The average Bonchev–Trinajstić information content (AvgIpc) is 3.36. The Morgan fingerprint density at radius 3 is 2.12 bits per heavy atom. The van der Waals surface area contributed by atoms with E-state index in [4.69, 9.17) is 9.47 Å². The maximum absolute atomic E-state index is 13.6. The van der Waals surface area contributed by atoms with Crippen LogP contribution in [-0.4, -0.2) is 48.5 Å². The summed E-state index contributed by atoms with van der Waals surface area (Å²) in [6.07, 6.45) is -3.82. The maximum atomic E-state index is 13.6. The molecule has 2 aliphatic rings. The quantitative estimate of drug-likeness (QED) is 0.191. The third-order valence-electron chi connectivity index (χ3n) is 9.31. The van der Waals surface area contributed by atoms with Crippen LogP contribution in [0.4, 0.5) is 18.9 Å².